The fraction of sp³-hybridized carbons (Fsp3) is 0.200. The SMILES string of the molecule is CC1(c2ccccc2F)OC=CO1. The highest BCUT2D eigenvalue weighted by Gasteiger charge is 2.34. The number of halogens is 1. The second-order valence-corrected chi connectivity index (χ2v) is 2.93. The third kappa shape index (κ3) is 1.26. The maximum atomic E-state index is 13.3. The van der Waals surface area contributed by atoms with Crippen LogP contribution in [-0.4, -0.2) is 0 Å². The molecule has 1 aliphatic rings. The van der Waals surface area contributed by atoms with Crippen LogP contribution in [0.15, 0.2) is 36.8 Å². The van der Waals surface area contributed by atoms with E-state index in [1.807, 2.05) is 0 Å². The van der Waals surface area contributed by atoms with E-state index in [2.05, 4.69) is 0 Å². The van der Waals surface area contributed by atoms with Crippen LogP contribution in [0.4, 0.5) is 4.39 Å². The molecule has 13 heavy (non-hydrogen) atoms. The number of hydrogen-bond donors (Lipinski definition) is 0. The molecule has 0 radical (unpaired) electrons. The van der Waals surface area contributed by atoms with Crippen molar-refractivity contribution >= 4 is 0 Å². The normalized spacial score (nSPS) is 18.0. The second kappa shape index (κ2) is 2.76. The zero-order valence-corrected chi connectivity index (χ0v) is 7.16. The molecule has 0 saturated heterocycles. The number of benzene rings is 1. The molecule has 1 heterocycles. The summed E-state index contributed by atoms with van der Waals surface area (Å²) in [4.78, 5) is 0. The fourth-order valence-corrected chi connectivity index (χ4v) is 1.30. The lowest BCUT2D eigenvalue weighted by molar-refractivity contribution is -0.135. The maximum Gasteiger partial charge on any atom is 0.276 e. The first-order chi connectivity index (χ1) is 6.22. The van der Waals surface area contributed by atoms with E-state index in [4.69, 9.17) is 9.47 Å². The van der Waals surface area contributed by atoms with Crippen molar-refractivity contribution in [3.63, 3.8) is 0 Å². The van der Waals surface area contributed by atoms with Gasteiger partial charge in [0.2, 0.25) is 0 Å². The highest BCUT2D eigenvalue weighted by Crippen LogP contribution is 2.32. The van der Waals surface area contributed by atoms with Crippen molar-refractivity contribution in [1.29, 1.82) is 0 Å². The molecule has 1 aliphatic heterocycles. The van der Waals surface area contributed by atoms with Crippen molar-refractivity contribution in [3.05, 3.63) is 48.2 Å². The average Bonchev–Trinajstić information content (AvgIpc) is 2.54. The number of hydrogen-bond acceptors (Lipinski definition) is 2. The predicted octanol–water partition coefficient (Wildman–Crippen LogP) is 2.52. The van der Waals surface area contributed by atoms with Crippen LogP contribution in [0.5, 0.6) is 0 Å². The highest BCUT2D eigenvalue weighted by atomic mass is 19.1. The molecule has 0 unspecified atom stereocenters. The van der Waals surface area contributed by atoms with E-state index in [-0.39, 0.29) is 5.82 Å². The van der Waals surface area contributed by atoms with Gasteiger partial charge in [-0.15, -0.1) is 0 Å². The molecule has 0 amide bonds. The van der Waals surface area contributed by atoms with Gasteiger partial charge >= 0.3 is 0 Å². The van der Waals surface area contributed by atoms with Gasteiger partial charge in [-0.2, -0.15) is 0 Å². The van der Waals surface area contributed by atoms with E-state index in [0.29, 0.717) is 5.56 Å². The Morgan fingerprint density at radius 2 is 1.77 bits per heavy atom. The molecule has 3 heteroatoms. The Balaban J connectivity index is 2.40. The summed E-state index contributed by atoms with van der Waals surface area (Å²) in [5, 5.41) is 0. The Kier molecular flexibility index (Phi) is 1.72. The topological polar surface area (TPSA) is 18.5 Å². The maximum absolute atomic E-state index is 13.3. The molecule has 0 aromatic heterocycles. The summed E-state index contributed by atoms with van der Waals surface area (Å²) in [6, 6.07) is 6.40. The van der Waals surface area contributed by atoms with Gasteiger partial charge in [-0.1, -0.05) is 12.1 Å². The van der Waals surface area contributed by atoms with Crippen LogP contribution in [0.25, 0.3) is 0 Å². The summed E-state index contributed by atoms with van der Waals surface area (Å²) in [6.07, 6.45) is 2.82. The first-order valence-corrected chi connectivity index (χ1v) is 3.98. The second-order valence-electron chi connectivity index (χ2n) is 2.93. The minimum atomic E-state index is -1.01. The van der Waals surface area contributed by atoms with E-state index in [0.717, 1.165) is 0 Å². The minimum absolute atomic E-state index is 0.325. The highest BCUT2D eigenvalue weighted by molar-refractivity contribution is 5.23. The first-order valence-electron chi connectivity index (χ1n) is 3.98. The van der Waals surface area contributed by atoms with Gasteiger partial charge in [-0.25, -0.2) is 4.39 Å². The zero-order chi connectivity index (χ0) is 9.31. The van der Waals surface area contributed by atoms with Gasteiger partial charge in [0.15, 0.2) is 0 Å². The lowest BCUT2D eigenvalue weighted by Gasteiger charge is -2.23. The largest absolute Gasteiger partial charge is 0.453 e. The van der Waals surface area contributed by atoms with Crippen LogP contribution in [0, 0.1) is 5.82 Å². The molecule has 2 rings (SSSR count). The molecule has 0 spiro atoms. The van der Waals surface area contributed by atoms with Gasteiger partial charge in [0, 0.05) is 6.92 Å². The van der Waals surface area contributed by atoms with Gasteiger partial charge in [-0.05, 0) is 12.1 Å². The van der Waals surface area contributed by atoms with Crippen molar-refractivity contribution in [3.8, 4) is 0 Å². The monoisotopic (exact) mass is 180 g/mol. The van der Waals surface area contributed by atoms with Gasteiger partial charge < -0.3 is 9.47 Å². The van der Waals surface area contributed by atoms with Crippen molar-refractivity contribution < 1.29 is 13.9 Å². The Morgan fingerprint density at radius 1 is 1.15 bits per heavy atom. The smallest absolute Gasteiger partial charge is 0.276 e. The lowest BCUT2D eigenvalue weighted by atomic mass is 10.1. The minimum Gasteiger partial charge on any atom is -0.453 e. The summed E-state index contributed by atoms with van der Waals surface area (Å²) in [5.41, 5.74) is 0.403. The fourth-order valence-electron chi connectivity index (χ4n) is 1.30. The van der Waals surface area contributed by atoms with Gasteiger partial charge in [-0.3, -0.25) is 0 Å². The third-order valence-corrected chi connectivity index (χ3v) is 2.00. The third-order valence-electron chi connectivity index (χ3n) is 2.00. The molecule has 0 atom stereocenters. The zero-order valence-electron chi connectivity index (χ0n) is 7.16. The molecule has 0 N–H and O–H groups in total. The molecule has 68 valence electrons. The average molecular weight is 180 g/mol. The van der Waals surface area contributed by atoms with Gasteiger partial charge in [0.05, 0.1) is 5.56 Å². The van der Waals surface area contributed by atoms with Crippen molar-refractivity contribution in [1.82, 2.24) is 0 Å². The predicted molar refractivity (Wildman–Crippen MR) is 45.1 cm³/mol. The molecule has 0 saturated carbocycles. The van der Waals surface area contributed by atoms with Crippen molar-refractivity contribution in [2.75, 3.05) is 0 Å². The van der Waals surface area contributed by atoms with E-state index < -0.39 is 5.79 Å². The first kappa shape index (κ1) is 8.10. The van der Waals surface area contributed by atoms with Gasteiger partial charge in [0.25, 0.3) is 5.79 Å². The van der Waals surface area contributed by atoms with Crippen LogP contribution in [0.1, 0.15) is 12.5 Å². The molecular weight excluding hydrogens is 171 g/mol. The van der Waals surface area contributed by atoms with Crippen LogP contribution >= 0.6 is 0 Å². The molecule has 1 aromatic rings. The summed E-state index contributed by atoms with van der Waals surface area (Å²) in [6.45, 7) is 1.67. The molecule has 2 nitrogen and oxygen atoms in total. The van der Waals surface area contributed by atoms with Gasteiger partial charge in [0.1, 0.15) is 18.3 Å². The van der Waals surface area contributed by atoms with E-state index >= 15 is 0 Å². The van der Waals surface area contributed by atoms with Crippen molar-refractivity contribution in [2.45, 2.75) is 12.7 Å². The summed E-state index contributed by atoms with van der Waals surface area (Å²) >= 11 is 0. The van der Waals surface area contributed by atoms with Crippen LogP contribution < -0.4 is 0 Å². The van der Waals surface area contributed by atoms with E-state index in [1.165, 1.54) is 18.6 Å². The Morgan fingerprint density at radius 3 is 2.38 bits per heavy atom. The Hall–Kier alpha value is -1.51. The molecule has 1 aromatic carbocycles. The summed E-state index contributed by atoms with van der Waals surface area (Å²) in [7, 11) is 0. The van der Waals surface area contributed by atoms with E-state index in [1.54, 1.807) is 25.1 Å². The Bertz CT molecular complexity index is 339. The standard InChI is InChI=1S/C10H9FO2/c1-10(12-6-7-13-10)8-4-2-3-5-9(8)11/h2-7H,1H3. The molecule has 0 fully saturated rings. The van der Waals surface area contributed by atoms with Crippen LogP contribution in [0.3, 0.4) is 0 Å². The quantitative estimate of drug-likeness (QED) is 0.661. The number of rotatable bonds is 1. The molecular formula is C10H9FO2. The number of ether oxygens (including phenoxy) is 2. The summed E-state index contributed by atoms with van der Waals surface area (Å²) < 4.78 is 23.6. The van der Waals surface area contributed by atoms with E-state index in [9.17, 15) is 4.39 Å². The summed E-state index contributed by atoms with van der Waals surface area (Å²) in [5.74, 6) is -1.33. The van der Waals surface area contributed by atoms with Crippen LogP contribution in [-0.2, 0) is 15.3 Å². The lowest BCUT2D eigenvalue weighted by Crippen LogP contribution is -2.23. The Labute approximate surface area is 75.6 Å². The molecule has 0 bridgehead atoms. The van der Waals surface area contributed by atoms with Crippen molar-refractivity contribution in [2.24, 2.45) is 0 Å². The molecule has 0 aliphatic carbocycles. The van der Waals surface area contributed by atoms with Crippen LogP contribution in [0.2, 0.25) is 0 Å².